The number of benzene rings is 3. The molecule has 3 heterocycles. The minimum atomic E-state index is 0.844. The first-order chi connectivity index (χ1) is 15.4. The van der Waals surface area contributed by atoms with Gasteiger partial charge in [0, 0.05) is 34.6 Å². The zero-order valence-corrected chi connectivity index (χ0v) is 16.7. The summed E-state index contributed by atoms with van der Waals surface area (Å²) in [5.74, 6) is 1.69. The van der Waals surface area contributed by atoms with Crippen molar-refractivity contribution in [3.8, 4) is 56.3 Å². The highest BCUT2D eigenvalue weighted by Gasteiger charge is 2.21. The fraction of sp³-hybridized carbons (Fsp3) is 0. The quantitative estimate of drug-likeness (QED) is 0.308. The number of pyridine rings is 2. The Balaban J connectivity index is 1.56. The molecule has 0 radical (unpaired) electrons. The number of hydrogen-bond donors (Lipinski definition) is 0. The lowest BCUT2D eigenvalue weighted by molar-refractivity contribution is 0.488. The van der Waals surface area contributed by atoms with Crippen molar-refractivity contribution in [3.05, 3.63) is 109 Å². The molecule has 1 aliphatic heterocycles. The molecule has 31 heavy (non-hydrogen) atoms. The lowest BCUT2D eigenvalue weighted by Gasteiger charge is -2.11. The average Bonchev–Trinajstić information content (AvgIpc) is 2.99. The highest BCUT2D eigenvalue weighted by Crippen LogP contribution is 2.48. The maximum Gasteiger partial charge on any atom is 0.135 e. The lowest BCUT2D eigenvalue weighted by atomic mass is 9.92. The Labute approximate surface area is 180 Å². The molecule has 5 aromatic rings. The Morgan fingerprint density at radius 3 is 1.39 bits per heavy atom. The Morgan fingerprint density at radius 2 is 0.935 bits per heavy atom. The summed E-state index contributed by atoms with van der Waals surface area (Å²) < 4.78 is 6.43. The molecule has 0 aliphatic carbocycles. The third-order valence-corrected chi connectivity index (χ3v) is 5.61. The Kier molecular flexibility index (Phi) is 4.10. The van der Waals surface area contributed by atoms with Crippen LogP contribution in [0.25, 0.3) is 44.8 Å². The van der Waals surface area contributed by atoms with Crippen LogP contribution in [0.2, 0.25) is 0 Å². The summed E-state index contributed by atoms with van der Waals surface area (Å²) in [5.41, 5.74) is 8.45. The molecular weight excluding hydrogens is 380 g/mol. The van der Waals surface area contributed by atoms with Crippen molar-refractivity contribution in [1.29, 1.82) is 0 Å². The van der Waals surface area contributed by atoms with Crippen LogP contribution < -0.4 is 4.74 Å². The van der Waals surface area contributed by atoms with E-state index in [0.717, 1.165) is 56.3 Å². The topological polar surface area (TPSA) is 35.0 Å². The standard InChI is InChI=1S/C28H18N2O/c1-2-8-22-21(7-1)23-17-19(25-9-3-5-15-29-25)11-13-27(23)31-28-14-12-20(18-24(22)28)26-10-4-6-16-30-26/h1-18H. The molecule has 146 valence electrons. The minimum Gasteiger partial charge on any atom is -0.456 e. The molecule has 0 unspecified atom stereocenters. The monoisotopic (exact) mass is 398 g/mol. The molecule has 6 rings (SSSR count). The first kappa shape index (κ1) is 17.6. The summed E-state index contributed by atoms with van der Waals surface area (Å²) in [5, 5.41) is 0. The van der Waals surface area contributed by atoms with Crippen molar-refractivity contribution >= 4 is 0 Å². The predicted molar refractivity (Wildman–Crippen MR) is 124 cm³/mol. The summed E-state index contributed by atoms with van der Waals surface area (Å²) in [4.78, 5) is 9.03. The van der Waals surface area contributed by atoms with Gasteiger partial charge in [-0.2, -0.15) is 0 Å². The van der Waals surface area contributed by atoms with Crippen LogP contribution in [0.15, 0.2) is 109 Å². The second-order valence-corrected chi connectivity index (χ2v) is 7.50. The normalized spacial score (nSPS) is 11.5. The predicted octanol–water partition coefficient (Wildman–Crippen LogP) is 7.25. The van der Waals surface area contributed by atoms with Crippen LogP contribution in [-0.2, 0) is 0 Å². The van der Waals surface area contributed by atoms with Crippen molar-refractivity contribution in [2.75, 3.05) is 0 Å². The molecule has 1 aliphatic rings. The van der Waals surface area contributed by atoms with Crippen molar-refractivity contribution in [2.45, 2.75) is 0 Å². The van der Waals surface area contributed by atoms with Gasteiger partial charge >= 0.3 is 0 Å². The maximum absolute atomic E-state index is 6.43. The van der Waals surface area contributed by atoms with Gasteiger partial charge in [-0.25, -0.2) is 0 Å². The minimum absolute atomic E-state index is 0.844. The van der Waals surface area contributed by atoms with Crippen LogP contribution in [0.5, 0.6) is 11.5 Å². The summed E-state index contributed by atoms with van der Waals surface area (Å²) in [6.45, 7) is 0. The fourth-order valence-electron chi connectivity index (χ4n) is 4.12. The first-order valence-electron chi connectivity index (χ1n) is 10.3. The van der Waals surface area contributed by atoms with Crippen molar-refractivity contribution in [3.63, 3.8) is 0 Å². The highest BCUT2D eigenvalue weighted by atomic mass is 16.5. The van der Waals surface area contributed by atoms with Gasteiger partial charge in [0.25, 0.3) is 0 Å². The lowest BCUT2D eigenvalue weighted by Crippen LogP contribution is -1.89. The number of ether oxygens (including phenoxy) is 1. The van der Waals surface area contributed by atoms with E-state index in [1.807, 2.05) is 60.9 Å². The van der Waals surface area contributed by atoms with Crippen molar-refractivity contribution in [1.82, 2.24) is 9.97 Å². The first-order valence-corrected chi connectivity index (χ1v) is 10.3. The molecule has 3 nitrogen and oxygen atoms in total. The molecular formula is C28H18N2O. The number of aromatic nitrogens is 2. The molecule has 0 bridgehead atoms. The van der Waals surface area contributed by atoms with E-state index in [1.165, 1.54) is 0 Å². The van der Waals surface area contributed by atoms with E-state index in [9.17, 15) is 0 Å². The third kappa shape index (κ3) is 3.08. The molecule has 0 N–H and O–H groups in total. The molecule has 0 atom stereocenters. The number of fused-ring (bicyclic) bond motifs is 5. The largest absolute Gasteiger partial charge is 0.456 e. The number of nitrogens with zero attached hydrogens (tertiary/aromatic N) is 2. The van der Waals surface area contributed by atoms with E-state index in [4.69, 9.17) is 4.74 Å². The number of rotatable bonds is 2. The second-order valence-electron chi connectivity index (χ2n) is 7.50. The molecule has 0 saturated carbocycles. The van der Waals surface area contributed by atoms with E-state index >= 15 is 0 Å². The van der Waals surface area contributed by atoms with Crippen LogP contribution in [0.1, 0.15) is 0 Å². The number of hydrogen-bond acceptors (Lipinski definition) is 3. The van der Waals surface area contributed by atoms with Gasteiger partial charge in [0.05, 0.1) is 11.4 Å². The van der Waals surface area contributed by atoms with Crippen LogP contribution in [0.4, 0.5) is 0 Å². The summed E-state index contributed by atoms with van der Waals surface area (Å²) in [6, 6.07) is 32.9. The molecule has 0 saturated heterocycles. The molecule has 0 amide bonds. The smallest absolute Gasteiger partial charge is 0.135 e. The van der Waals surface area contributed by atoms with Crippen LogP contribution in [0, 0.1) is 0 Å². The van der Waals surface area contributed by atoms with Crippen LogP contribution >= 0.6 is 0 Å². The molecule has 2 aromatic heterocycles. The summed E-state index contributed by atoms with van der Waals surface area (Å²) >= 11 is 0. The SMILES string of the molecule is c1ccc(-c2ccc3c(c2)-c2ccccc2-c2cc(-c4ccccn4)ccc2O3)nc1. The zero-order valence-electron chi connectivity index (χ0n) is 16.7. The Morgan fingerprint density at radius 1 is 0.452 bits per heavy atom. The van der Waals surface area contributed by atoms with Gasteiger partial charge in [-0.15, -0.1) is 0 Å². The second kappa shape index (κ2) is 7.22. The fourth-order valence-corrected chi connectivity index (χ4v) is 4.12. The van der Waals surface area contributed by atoms with Crippen molar-refractivity contribution < 1.29 is 4.74 Å². The van der Waals surface area contributed by atoms with Gasteiger partial charge in [0.1, 0.15) is 11.5 Å². The molecule has 0 fully saturated rings. The van der Waals surface area contributed by atoms with E-state index in [-0.39, 0.29) is 0 Å². The van der Waals surface area contributed by atoms with Gasteiger partial charge in [-0.1, -0.05) is 36.4 Å². The van der Waals surface area contributed by atoms with Gasteiger partial charge in [0.15, 0.2) is 0 Å². The third-order valence-electron chi connectivity index (χ3n) is 5.61. The Bertz CT molecular complexity index is 1290. The maximum atomic E-state index is 6.43. The van der Waals surface area contributed by atoms with E-state index in [1.54, 1.807) is 0 Å². The summed E-state index contributed by atoms with van der Waals surface area (Å²) in [7, 11) is 0. The molecule has 3 heteroatoms. The van der Waals surface area contributed by atoms with Crippen LogP contribution in [-0.4, -0.2) is 9.97 Å². The molecule has 0 spiro atoms. The van der Waals surface area contributed by atoms with Gasteiger partial charge in [-0.3, -0.25) is 9.97 Å². The molecule has 3 aromatic carbocycles. The zero-order chi connectivity index (χ0) is 20.6. The highest BCUT2D eigenvalue weighted by molar-refractivity contribution is 5.93. The van der Waals surface area contributed by atoms with E-state index in [2.05, 4.69) is 58.5 Å². The van der Waals surface area contributed by atoms with Crippen LogP contribution in [0.3, 0.4) is 0 Å². The van der Waals surface area contributed by atoms with E-state index in [0.29, 0.717) is 0 Å². The van der Waals surface area contributed by atoms with Gasteiger partial charge in [-0.05, 0) is 71.8 Å². The van der Waals surface area contributed by atoms with Gasteiger partial charge in [0.2, 0.25) is 0 Å². The van der Waals surface area contributed by atoms with Gasteiger partial charge < -0.3 is 4.74 Å². The Hall–Kier alpha value is -4.24. The van der Waals surface area contributed by atoms with Crippen molar-refractivity contribution in [2.24, 2.45) is 0 Å². The summed E-state index contributed by atoms with van der Waals surface area (Å²) in [6.07, 6.45) is 3.64. The average molecular weight is 398 g/mol. The van der Waals surface area contributed by atoms with E-state index < -0.39 is 0 Å².